The number of benzene rings is 1. The Balaban J connectivity index is 1.77. The van der Waals surface area contributed by atoms with E-state index in [-0.39, 0.29) is 5.82 Å². The van der Waals surface area contributed by atoms with Crippen molar-refractivity contribution in [2.24, 2.45) is 0 Å². The molecule has 3 nitrogen and oxygen atoms in total. The number of morpholine rings is 1. The zero-order valence-corrected chi connectivity index (χ0v) is 10.1. The number of aryl methyl sites for hydroxylation is 1. The summed E-state index contributed by atoms with van der Waals surface area (Å²) in [6.07, 6.45) is 0. The van der Waals surface area contributed by atoms with Gasteiger partial charge in [0.05, 0.1) is 13.2 Å². The van der Waals surface area contributed by atoms with Gasteiger partial charge in [0, 0.05) is 19.6 Å². The van der Waals surface area contributed by atoms with Gasteiger partial charge in [-0.25, -0.2) is 4.39 Å². The van der Waals surface area contributed by atoms with Crippen molar-refractivity contribution in [3.63, 3.8) is 0 Å². The largest absolute Gasteiger partial charge is 0.489 e. The molecule has 0 aliphatic carbocycles. The van der Waals surface area contributed by atoms with Gasteiger partial charge >= 0.3 is 0 Å². The summed E-state index contributed by atoms with van der Waals surface area (Å²) in [7, 11) is 0. The Kier molecular flexibility index (Phi) is 4.34. The number of rotatable bonds is 4. The molecule has 4 heteroatoms. The molecule has 1 heterocycles. The molecule has 1 aromatic rings. The maximum Gasteiger partial charge on any atom is 0.165 e. The van der Waals surface area contributed by atoms with Gasteiger partial charge in [0.25, 0.3) is 0 Å². The molecule has 0 bridgehead atoms. The Morgan fingerprint density at radius 1 is 1.35 bits per heavy atom. The van der Waals surface area contributed by atoms with Crippen LogP contribution in [0.3, 0.4) is 0 Å². The minimum Gasteiger partial charge on any atom is -0.489 e. The highest BCUT2D eigenvalue weighted by atomic mass is 19.1. The Bertz CT molecular complexity index is 364. The normalized spacial score (nSPS) is 17.1. The lowest BCUT2D eigenvalue weighted by molar-refractivity contribution is 0.0320. The predicted octanol–water partition coefficient (Wildman–Crippen LogP) is 1.85. The molecule has 94 valence electrons. The Hall–Kier alpha value is -1.13. The van der Waals surface area contributed by atoms with E-state index in [0.717, 1.165) is 38.4 Å². The van der Waals surface area contributed by atoms with Crippen molar-refractivity contribution in [3.05, 3.63) is 29.6 Å². The van der Waals surface area contributed by atoms with E-state index in [1.807, 2.05) is 13.0 Å². The van der Waals surface area contributed by atoms with Crippen LogP contribution in [-0.4, -0.2) is 44.4 Å². The first-order chi connectivity index (χ1) is 8.25. The second kappa shape index (κ2) is 5.98. The van der Waals surface area contributed by atoms with E-state index in [2.05, 4.69) is 4.90 Å². The number of nitrogens with zero attached hydrogens (tertiary/aromatic N) is 1. The van der Waals surface area contributed by atoms with E-state index in [4.69, 9.17) is 9.47 Å². The molecule has 0 atom stereocenters. The van der Waals surface area contributed by atoms with E-state index in [0.29, 0.717) is 12.4 Å². The predicted molar refractivity (Wildman–Crippen MR) is 63.9 cm³/mol. The first-order valence-electron chi connectivity index (χ1n) is 5.95. The Labute approximate surface area is 101 Å². The van der Waals surface area contributed by atoms with Crippen molar-refractivity contribution >= 4 is 0 Å². The lowest BCUT2D eigenvalue weighted by Crippen LogP contribution is -2.38. The quantitative estimate of drug-likeness (QED) is 0.800. The highest BCUT2D eigenvalue weighted by Crippen LogP contribution is 2.17. The maximum atomic E-state index is 13.5. The standard InChI is InChI=1S/C13H18FNO2/c1-11-2-3-13(12(14)10-11)17-9-6-15-4-7-16-8-5-15/h2-3,10H,4-9H2,1H3. The molecule has 1 aromatic carbocycles. The summed E-state index contributed by atoms with van der Waals surface area (Å²) in [4.78, 5) is 2.26. The summed E-state index contributed by atoms with van der Waals surface area (Å²) in [5.41, 5.74) is 0.906. The molecule has 1 fully saturated rings. The highest BCUT2D eigenvalue weighted by molar-refractivity contribution is 5.28. The number of hydrogen-bond acceptors (Lipinski definition) is 3. The van der Waals surface area contributed by atoms with Crippen LogP contribution in [0.4, 0.5) is 4.39 Å². The van der Waals surface area contributed by atoms with Crippen LogP contribution in [0.25, 0.3) is 0 Å². The number of ether oxygens (including phenoxy) is 2. The van der Waals surface area contributed by atoms with Crippen LogP contribution in [-0.2, 0) is 4.74 Å². The van der Waals surface area contributed by atoms with Crippen molar-refractivity contribution in [1.29, 1.82) is 0 Å². The molecule has 0 amide bonds. The fraction of sp³-hybridized carbons (Fsp3) is 0.538. The fourth-order valence-corrected chi connectivity index (χ4v) is 1.83. The van der Waals surface area contributed by atoms with Crippen LogP contribution in [0.5, 0.6) is 5.75 Å². The number of hydrogen-bond donors (Lipinski definition) is 0. The lowest BCUT2D eigenvalue weighted by atomic mass is 10.2. The van der Waals surface area contributed by atoms with E-state index in [9.17, 15) is 4.39 Å². The van der Waals surface area contributed by atoms with Crippen molar-refractivity contribution in [3.8, 4) is 5.75 Å². The monoisotopic (exact) mass is 239 g/mol. The zero-order valence-electron chi connectivity index (χ0n) is 10.1. The molecule has 0 saturated carbocycles. The van der Waals surface area contributed by atoms with Gasteiger partial charge < -0.3 is 9.47 Å². The summed E-state index contributed by atoms with van der Waals surface area (Å²) in [6.45, 7) is 6.61. The van der Waals surface area contributed by atoms with Crippen molar-refractivity contribution in [1.82, 2.24) is 4.90 Å². The summed E-state index contributed by atoms with van der Waals surface area (Å²) in [5.74, 6) is 0.0517. The summed E-state index contributed by atoms with van der Waals surface area (Å²) < 4.78 is 24.1. The van der Waals surface area contributed by atoms with Gasteiger partial charge in [-0.1, -0.05) is 6.07 Å². The first kappa shape index (κ1) is 12.3. The van der Waals surface area contributed by atoms with Crippen LogP contribution < -0.4 is 4.74 Å². The smallest absolute Gasteiger partial charge is 0.165 e. The van der Waals surface area contributed by atoms with E-state index in [1.54, 1.807) is 6.07 Å². The molecular formula is C13H18FNO2. The first-order valence-corrected chi connectivity index (χ1v) is 5.95. The van der Waals surface area contributed by atoms with E-state index >= 15 is 0 Å². The van der Waals surface area contributed by atoms with Crippen LogP contribution in [0.2, 0.25) is 0 Å². The van der Waals surface area contributed by atoms with E-state index < -0.39 is 0 Å². The summed E-state index contributed by atoms with van der Waals surface area (Å²) >= 11 is 0. The van der Waals surface area contributed by atoms with Crippen LogP contribution in [0.15, 0.2) is 18.2 Å². The third-order valence-corrected chi connectivity index (χ3v) is 2.86. The fourth-order valence-electron chi connectivity index (χ4n) is 1.83. The van der Waals surface area contributed by atoms with Crippen LogP contribution >= 0.6 is 0 Å². The van der Waals surface area contributed by atoms with Gasteiger partial charge in [-0.3, -0.25) is 4.90 Å². The van der Waals surface area contributed by atoms with Crippen LogP contribution in [0.1, 0.15) is 5.56 Å². The summed E-state index contributed by atoms with van der Waals surface area (Å²) in [6, 6.07) is 5.03. The van der Waals surface area contributed by atoms with Gasteiger partial charge in [-0.15, -0.1) is 0 Å². The molecule has 1 saturated heterocycles. The highest BCUT2D eigenvalue weighted by Gasteiger charge is 2.10. The summed E-state index contributed by atoms with van der Waals surface area (Å²) in [5, 5.41) is 0. The van der Waals surface area contributed by atoms with Gasteiger partial charge in [0.2, 0.25) is 0 Å². The second-order valence-corrected chi connectivity index (χ2v) is 4.24. The molecule has 17 heavy (non-hydrogen) atoms. The molecule has 0 spiro atoms. The van der Waals surface area contributed by atoms with Gasteiger partial charge in [-0.05, 0) is 24.6 Å². The maximum absolute atomic E-state index is 13.5. The SMILES string of the molecule is Cc1ccc(OCCN2CCOCC2)c(F)c1. The third kappa shape index (κ3) is 3.68. The topological polar surface area (TPSA) is 21.7 Å². The molecule has 1 aliphatic heterocycles. The molecular weight excluding hydrogens is 221 g/mol. The molecule has 0 radical (unpaired) electrons. The third-order valence-electron chi connectivity index (χ3n) is 2.86. The van der Waals surface area contributed by atoms with Crippen molar-refractivity contribution < 1.29 is 13.9 Å². The molecule has 0 aromatic heterocycles. The Morgan fingerprint density at radius 3 is 2.82 bits per heavy atom. The second-order valence-electron chi connectivity index (χ2n) is 4.24. The minimum absolute atomic E-state index is 0.285. The zero-order chi connectivity index (χ0) is 12.1. The van der Waals surface area contributed by atoms with Crippen molar-refractivity contribution in [2.45, 2.75) is 6.92 Å². The van der Waals surface area contributed by atoms with Gasteiger partial charge in [0.1, 0.15) is 6.61 Å². The van der Waals surface area contributed by atoms with Crippen LogP contribution in [0, 0.1) is 12.7 Å². The Morgan fingerprint density at radius 2 is 2.12 bits per heavy atom. The molecule has 1 aliphatic rings. The van der Waals surface area contributed by atoms with Crippen molar-refractivity contribution in [2.75, 3.05) is 39.5 Å². The minimum atomic E-state index is -0.285. The average molecular weight is 239 g/mol. The molecule has 0 N–H and O–H groups in total. The van der Waals surface area contributed by atoms with Gasteiger partial charge in [0.15, 0.2) is 11.6 Å². The number of halogens is 1. The van der Waals surface area contributed by atoms with Gasteiger partial charge in [-0.2, -0.15) is 0 Å². The van der Waals surface area contributed by atoms with E-state index in [1.165, 1.54) is 6.07 Å². The lowest BCUT2D eigenvalue weighted by Gasteiger charge is -2.26. The molecule has 2 rings (SSSR count). The molecule has 0 unspecified atom stereocenters. The average Bonchev–Trinajstić information content (AvgIpc) is 2.33.